The van der Waals surface area contributed by atoms with E-state index in [4.69, 9.17) is 18.6 Å². The minimum absolute atomic E-state index is 0.171. The SMILES string of the molecule is CCCOC(=O)CCc1cc2c(C)cc(=O)oc2cc1OCC(=O)c1ccc(OC)cc1. The summed E-state index contributed by atoms with van der Waals surface area (Å²) in [6.07, 6.45) is 1.29. The van der Waals surface area contributed by atoms with Gasteiger partial charge in [-0.05, 0) is 61.2 Å². The van der Waals surface area contributed by atoms with Gasteiger partial charge >= 0.3 is 11.6 Å². The van der Waals surface area contributed by atoms with Gasteiger partial charge in [0.2, 0.25) is 0 Å². The van der Waals surface area contributed by atoms with Crippen LogP contribution >= 0.6 is 0 Å². The zero-order valence-corrected chi connectivity index (χ0v) is 18.4. The molecule has 0 aliphatic heterocycles. The molecule has 2 aromatic carbocycles. The Kier molecular flexibility index (Phi) is 7.65. The van der Waals surface area contributed by atoms with Crippen molar-refractivity contribution in [1.29, 1.82) is 0 Å². The van der Waals surface area contributed by atoms with Crippen LogP contribution in [0.25, 0.3) is 11.0 Å². The third-order valence-corrected chi connectivity index (χ3v) is 4.97. The zero-order chi connectivity index (χ0) is 23.1. The highest BCUT2D eigenvalue weighted by molar-refractivity contribution is 5.97. The van der Waals surface area contributed by atoms with Crippen molar-refractivity contribution >= 4 is 22.7 Å². The molecule has 3 aromatic rings. The Labute approximate surface area is 185 Å². The smallest absolute Gasteiger partial charge is 0.336 e. The average Bonchev–Trinajstić information content (AvgIpc) is 2.79. The van der Waals surface area contributed by atoms with E-state index in [1.54, 1.807) is 37.4 Å². The van der Waals surface area contributed by atoms with Crippen molar-refractivity contribution in [3.8, 4) is 11.5 Å². The Balaban J connectivity index is 1.84. The van der Waals surface area contributed by atoms with Gasteiger partial charge in [-0.25, -0.2) is 4.79 Å². The fourth-order valence-electron chi connectivity index (χ4n) is 3.25. The van der Waals surface area contributed by atoms with Crippen molar-refractivity contribution in [2.24, 2.45) is 0 Å². The first kappa shape index (κ1) is 23.1. The third kappa shape index (κ3) is 5.75. The quantitative estimate of drug-likeness (QED) is 0.265. The van der Waals surface area contributed by atoms with E-state index in [0.717, 1.165) is 22.9 Å². The van der Waals surface area contributed by atoms with Crippen molar-refractivity contribution in [3.63, 3.8) is 0 Å². The van der Waals surface area contributed by atoms with Gasteiger partial charge in [-0.3, -0.25) is 9.59 Å². The number of hydrogen-bond acceptors (Lipinski definition) is 7. The molecule has 168 valence electrons. The summed E-state index contributed by atoms with van der Waals surface area (Å²) in [5.41, 5.74) is 1.86. The van der Waals surface area contributed by atoms with Crippen LogP contribution < -0.4 is 15.1 Å². The first-order valence-corrected chi connectivity index (χ1v) is 10.4. The molecule has 0 spiro atoms. The number of rotatable bonds is 10. The molecule has 0 radical (unpaired) electrons. The summed E-state index contributed by atoms with van der Waals surface area (Å²) < 4.78 is 21.4. The van der Waals surface area contributed by atoms with Gasteiger partial charge in [-0.2, -0.15) is 0 Å². The number of benzene rings is 2. The fourth-order valence-corrected chi connectivity index (χ4v) is 3.25. The number of methoxy groups -OCH3 is 1. The summed E-state index contributed by atoms with van der Waals surface area (Å²) in [6.45, 7) is 3.91. The summed E-state index contributed by atoms with van der Waals surface area (Å²) in [4.78, 5) is 36.3. The first-order valence-electron chi connectivity index (χ1n) is 10.4. The molecule has 7 heteroatoms. The van der Waals surface area contributed by atoms with Crippen LogP contribution in [0, 0.1) is 6.92 Å². The molecule has 0 unspecified atom stereocenters. The van der Waals surface area contributed by atoms with Crippen LogP contribution in [0.5, 0.6) is 11.5 Å². The number of carbonyl (C=O) groups excluding carboxylic acids is 2. The Morgan fingerprint density at radius 2 is 1.81 bits per heavy atom. The van der Waals surface area contributed by atoms with Crippen LogP contribution in [0.2, 0.25) is 0 Å². The molecule has 1 heterocycles. The number of fused-ring (bicyclic) bond motifs is 1. The molecule has 0 atom stereocenters. The van der Waals surface area contributed by atoms with Crippen LogP contribution in [-0.2, 0) is 16.0 Å². The van der Waals surface area contributed by atoms with E-state index in [-0.39, 0.29) is 24.8 Å². The highest BCUT2D eigenvalue weighted by Gasteiger charge is 2.15. The van der Waals surface area contributed by atoms with E-state index in [2.05, 4.69) is 0 Å². The molecule has 0 saturated heterocycles. The first-order chi connectivity index (χ1) is 15.4. The van der Waals surface area contributed by atoms with Crippen LogP contribution in [0.4, 0.5) is 0 Å². The highest BCUT2D eigenvalue weighted by atomic mass is 16.5. The lowest BCUT2D eigenvalue weighted by molar-refractivity contribution is -0.143. The van der Waals surface area contributed by atoms with Crippen molar-refractivity contribution in [2.45, 2.75) is 33.1 Å². The Bertz CT molecular complexity index is 1160. The Morgan fingerprint density at radius 1 is 1.06 bits per heavy atom. The Morgan fingerprint density at radius 3 is 2.50 bits per heavy atom. The lowest BCUT2D eigenvalue weighted by atomic mass is 10.0. The standard InChI is InChI=1S/C25H26O7/c1-4-11-30-24(27)10-7-18-13-20-16(2)12-25(28)32-23(20)14-22(18)31-15-21(26)17-5-8-19(29-3)9-6-17/h5-6,8-9,12-14H,4,7,10-11,15H2,1-3H3. The number of esters is 1. The van der Waals surface area contributed by atoms with E-state index < -0.39 is 5.63 Å². The van der Waals surface area contributed by atoms with Crippen molar-refractivity contribution in [3.05, 3.63) is 69.6 Å². The lowest BCUT2D eigenvalue weighted by Crippen LogP contribution is -2.13. The van der Waals surface area contributed by atoms with Gasteiger partial charge in [-0.1, -0.05) is 6.92 Å². The largest absolute Gasteiger partial charge is 0.497 e. The second-order valence-electron chi connectivity index (χ2n) is 7.37. The van der Waals surface area contributed by atoms with Gasteiger partial charge in [0.25, 0.3) is 0 Å². The van der Waals surface area contributed by atoms with E-state index in [9.17, 15) is 14.4 Å². The predicted molar refractivity (Wildman–Crippen MR) is 120 cm³/mol. The molecule has 0 bridgehead atoms. The zero-order valence-electron chi connectivity index (χ0n) is 18.4. The Hall–Kier alpha value is -3.61. The van der Waals surface area contributed by atoms with E-state index in [1.807, 2.05) is 19.9 Å². The molecule has 0 fully saturated rings. The summed E-state index contributed by atoms with van der Waals surface area (Å²) in [5.74, 6) is 0.520. The maximum atomic E-state index is 12.6. The van der Waals surface area contributed by atoms with E-state index in [1.165, 1.54) is 6.07 Å². The third-order valence-electron chi connectivity index (χ3n) is 4.97. The topological polar surface area (TPSA) is 92.0 Å². The van der Waals surface area contributed by atoms with Crippen LogP contribution in [0.15, 0.2) is 51.7 Å². The van der Waals surface area contributed by atoms with Gasteiger partial charge < -0.3 is 18.6 Å². The molecule has 0 aliphatic rings. The fraction of sp³-hybridized carbons (Fsp3) is 0.320. The maximum absolute atomic E-state index is 12.6. The second kappa shape index (κ2) is 10.6. The van der Waals surface area contributed by atoms with Gasteiger partial charge in [-0.15, -0.1) is 0 Å². The summed E-state index contributed by atoms with van der Waals surface area (Å²) in [5, 5.41) is 0.746. The van der Waals surface area contributed by atoms with Gasteiger partial charge in [0.1, 0.15) is 17.1 Å². The number of hydrogen-bond donors (Lipinski definition) is 0. The number of Topliss-reactive ketones (excluding diaryl/α,β-unsaturated/α-hetero) is 1. The number of carbonyl (C=O) groups is 2. The molecule has 3 rings (SSSR count). The molecule has 0 amide bonds. The molecule has 7 nitrogen and oxygen atoms in total. The van der Waals surface area contributed by atoms with Crippen molar-refractivity contribution in [1.82, 2.24) is 0 Å². The van der Waals surface area contributed by atoms with E-state index in [0.29, 0.717) is 35.7 Å². The van der Waals surface area contributed by atoms with Gasteiger partial charge in [0.15, 0.2) is 12.4 Å². The minimum atomic E-state index is -0.467. The van der Waals surface area contributed by atoms with Crippen LogP contribution in [0.1, 0.15) is 41.3 Å². The normalized spacial score (nSPS) is 10.7. The van der Waals surface area contributed by atoms with Crippen LogP contribution in [0.3, 0.4) is 0 Å². The molecule has 0 N–H and O–H groups in total. The van der Waals surface area contributed by atoms with Gasteiger partial charge in [0, 0.05) is 29.5 Å². The van der Waals surface area contributed by atoms with Crippen molar-refractivity contribution in [2.75, 3.05) is 20.3 Å². The average molecular weight is 438 g/mol. The molecule has 0 aliphatic carbocycles. The molecule has 1 aromatic heterocycles. The maximum Gasteiger partial charge on any atom is 0.336 e. The molecular formula is C25H26O7. The van der Waals surface area contributed by atoms with E-state index >= 15 is 0 Å². The number of ketones is 1. The minimum Gasteiger partial charge on any atom is -0.497 e. The highest BCUT2D eigenvalue weighted by Crippen LogP contribution is 2.29. The summed E-state index contributed by atoms with van der Waals surface area (Å²) in [6, 6.07) is 11.6. The molecular weight excluding hydrogens is 412 g/mol. The second-order valence-corrected chi connectivity index (χ2v) is 7.37. The van der Waals surface area contributed by atoms with Crippen LogP contribution in [-0.4, -0.2) is 32.1 Å². The van der Waals surface area contributed by atoms with Gasteiger partial charge in [0.05, 0.1) is 13.7 Å². The number of ether oxygens (including phenoxy) is 3. The molecule has 32 heavy (non-hydrogen) atoms. The van der Waals surface area contributed by atoms with Crippen molar-refractivity contribution < 1.29 is 28.2 Å². The summed E-state index contributed by atoms with van der Waals surface area (Å²) >= 11 is 0. The lowest BCUT2D eigenvalue weighted by Gasteiger charge is -2.13. The predicted octanol–water partition coefficient (Wildman–Crippen LogP) is 4.26. The number of aryl methyl sites for hydroxylation is 2. The summed E-state index contributed by atoms with van der Waals surface area (Å²) in [7, 11) is 1.55. The molecule has 0 saturated carbocycles. The monoisotopic (exact) mass is 438 g/mol.